The largest absolute Gasteiger partial charge is 0.497 e. The van der Waals surface area contributed by atoms with Crippen molar-refractivity contribution in [2.45, 2.75) is 13.0 Å². The van der Waals surface area contributed by atoms with Crippen LogP contribution >= 0.6 is 0 Å². The number of piperazine rings is 1. The van der Waals surface area contributed by atoms with E-state index in [0.717, 1.165) is 31.9 Å². The Bertz CT molecular complexity index is 725. The number of nitrogens with zero attached hydrogens (tertiary/aromatic N) is 2. The van der Waals surface area contributed by atoms with Crippen LogP contribution < -0.4 is 14.5 Å². The van der Waals surface area contributed by atoms with Gasteiger partial charge in [-0.3, -0.25) is 4.79 Å². The number of amides is 1. The highest BCUT2D eigenvalue weighted by molar-refractivity contribution is 5.77. The molecule has 2 aromatic carbocycles. The lowest BCUT2D eigenvalue weighted by Gasteiger charge is -2.34. The van der Waals surface area contributed by atoms with E-state index in [1.54, 1.807) is 7.11 Å². The molecule has 0 aromatic heterocycles. The van der Waals surface area contributed by atoms with Gasteiger partial charge >= 0.3 is 0 Å². The quantitative estimate of drug-likeness (QED) is 0.842. The second-order valence-corrected chi connectivity index (χ2v) is 7.20. The number of methoxy groups -OCH3 is 1. The van der Waals surface area contributed by atoms with Crippen LogP contribution in [0.15, 0.2) is 54.6 Å². The van der Waals surface area contributed by atoms with Gasteiger partial charge in [0.1, 0.15) is 5.75 Å². The van der Waals surface area contributed by atoms with Gasteiger partial charge in [-0.1, -0.05) is 30.3 Å². The summed E-state index contributed by atoms with van der Waals surface area (Å²) in [6, 6.07) is 18.5. The summed E-state index contributed by atoms with van der Waals surface area (Å²) in [5.41, 5.74) is 2.39. The first-order valence-electron chi connectivity index (χ1n) is 9.61. The molecular weight excluding hydrogens is 338 g/mol. The van der Waals surface area contributed by atoms with Gasteiger partial charge in [0.05, 0.1) is 39.3 Å². The zero-order valence-corrected chi connectivity index (χ0v) is 16.5. The standard InChI is InChI=1S/C22H29N3O2/c1-18(19-7-5-4-6-8-19)23(2)22(26)17-24-13-15-25(16-14-24)20-9-11-21(27-3)12-10-20/h4-12,18H,13-17H2,1-3H3/p+1/t18-/m1/s1. The van der Waals surface area contributed by atoms with Crippen LogP contribution in [0.5, 0.6) is 5.75 Å². The van der Waals surface area contributed by atoms with Crippen LogP contribution in [0.1, 0.15) is 18.5 Å². The molecule has 1 fully saturated rings. The van der Waals surface area contributed by atoms with E-state index in [1.807, 2.05) is 42.3 Å². The minimum Gasteiger partial charge on any atom is -0.497 e. The fourth-order valence-corrected chi connectivity index (χ4v) is 3.56. The number of hydrogen-bond acceptors (Lipinski definition) is 3. The van der Waals surface area contributed by atoms with E-state index >= 15 is 0 Å². The lowest BCUT2D eigenvalue weighted by molar-refractivity contribution is -0.892. The SMILES string of the molecule is COc1ccc(N2CC[NH+](CC(=O)N(C)[C@H](C)c3ccccc3)CC2)cc1. The van der Waals surface area contributed by atoms with Crippen molar-refractivity contribution in [3.63, 3.8) is 0 Å². The van der Waals surface area contributed by atoms with Crippen molar-refractivity contribution >= 4 is 11.6 Å². The van der Waals surface area contributed by atoms with Gasteiger partial charge in [-0.05, 0) is 36.8 Å². The molecule has 3 rings (SSSR count). The minimum absolute atomic E-state index is 0.0960. The number of ether oxygens (including phenoxy) is 1. The van der Waals surface area contributed by atoms with Crippen molar-refractivity contribution in [1.29, 1.82) is 0 Å². The molecule has 1 aliphatic heterocycles. The van der Waals surface area contributed by atoms with Crippen LogP contribution in [-0.2, 0) is 4.79 Å². The normalized spacial score (nSPS) is 16.0. The summed E-state index contributed by atoms with van der Waals surface area (Å²) in [6.07, 6.45) is 0. The molecule has 1 N–H and O–H groups in total. The first kappa shape index (κ1) is 19.2. The molecule has 0 spiro atoms. The van der Waals surface area contributed by atoms with Gasteiger partial charge in [0.2, 0.25) is 0 Å². The molecule has 0 aliphatic carbocycles. The summed E-state index contributed by atoms with van der Waals surface area (Å²) in [6.45, 7) is 6.53. The van der Waals surface area contributed by atoms with Crippen LogP contribution in [0.2, 0.25) is 0 Å². The summed E-state index contributed by atoms with van der Waals surface area (Å²) >= 11 is 0. The van der Waals surface area contributed by atoms with Gasteiger partial charge in [-0.15, -0.1) is 0 Å². The topological polar surface area (TPSA) is 37.2 Å². The van der Waals surface area contributed by atoms with Crippen LogP contribution in [0.3, 0.4) is 0 Å². The molecule has 27 heavy (non-hydrogen) atoms. The molecule has 0 bridgehead atoms. The highest BCUT2D eigenvalue weighted by Gasteiger charge is 2.25. The van der Waals surface area contributed by atoms with E-state index in [9.17, 15) is 4.79 Å². The maximum atomic E-state index is 12.7. The first-order valence-corrected chi connectivity index (χ1v) is 9.61. The van der Waals surface area contributed by atoms with Crippen molar-refractivity contribution in [1.82, 2.24) is 4.90 Å². The average molecular weight is 369 g/mol. The fraction of sp³-hybridized carbons (Fsp3) is 0.409. The summed E-state index contributed by atoms with van der Waals surface area (Å²) in [5, 5.41) is 0. The molecule has 1 saturated heterocycles. The zero-order valence-electron chi connectivity index (χ0n) is 16.5. The number of carbonyl (C=O) groups is 1. The lowest BCUT2D eigenvalue weighted by atomic mass is 10.1. The monoisotopic (exact) mass is 368 g/mol. The smallest absolute Gasteiger partial charge is 0.278 e. The second-order valence-electron chi connectivity index (χ2n) is 7.20. The Hall–Kier alpha value is -2.53. The maximum Gasteiger partial charge on any atom is 0.278 e. The van der Waals surface area contributed by atoms with E-state index in [0.29, 0.717) is 6.54 Å². The molecule has 0 saturated carbocycles. The molecule has 5 nitrogen and oxygen atoms in total. The Morgan fingerprint density at radius 2 is 1.74 bits per heavy atom. The summed E-state index contributed by atoms with van der Waals surface area (Å²) in [4.78, 5) is 18.3. The minimum atomic E-state index is 0.0960. The molecule has 1 atom stereocenters. The Kier molecular flexibility index (Phi) is 6.35. The number of likely N-dealkylation sites (N-methyl/N-ethyl adjacent to an activating group) is 1. The summed E-state index contributed by atoms with van der Waals surface area (Å²) < 4.78 is 5.23. The molecule has 0 radical (unpaired) electrons. The van der Waals surface area contributed by atoms with E-state index in [1.165, 1.54) is 16.2 Å². The van der Waals surface area contributed by atoms with E-state index in [-0.39, 0.29) is 11.9 Å². The van der Waals surface area contributed by atoms with Crippen molar-refractivity contribution < 1.29 is 14.4 Å². The third-order valence-electron chi connectivity index (χ3n) is 5.57. The van der Waals surface area contributed by atoms with Gasteiger partial charge in [-0.25, -0.2) is 0 Å². The molecular formula is C22H30N3O2+. The number of hydrogen-bond donors (Lipinski definition) is 1. The predicted octanol–water partition coefficient (Wildman–Crippen LogP) is 1.62. The van der Waals surface area contributed by atoms with Crippen molar-refractivity contribution in [3.8, 4) is 5.75 Å². The Morgan fingerprint density at radius 3 is 2.33 bits per heavy atom. The first-order chi connectivity index (χ1) is 13.1. The van der Waals surface area contributed by atoms with Crippen molar-refractivity contribution in [2.75, 3.05) is 51.8 Å². The Morgan fingerprint density at radius 1 is 1.11 bits per heavy atom. The van der Waals surface area contributed by atoms with Crippen LogP contribution in [0.4, 0.5) is 5.69 Å². The number of benzene rings is 2. The third-order valence-corrected chi connectivity index (χ3v) is 5.57. The lowest BCUT2D eigenvalue weighted by Crippen LogP contribution is -3.15. The van der Waals surface area contributed by atoms with E-state index in [4.69, 9.17) is 4.74 Å². The van der Waals surface area contributed by atoms with Gasteiger partial charge in [0, 0.05) is 12.7 Å². The van der Waals surface area contributed by atoms with Crippen molar-refractivity contribution in [3.05, 3.63) is 60.2 Å². The number of carbonyl (C=O) groups excluding carboxylic acids is 1. The molecule has 1 aliphatic rings. The number of anilines is 1. The number of nitrogens with one attached hydrogen (secondary N) is 1. The number of rotatable bonds is 6. The van der Waals surface area contributed by atoms with Gasteiger partial charge in [-0.2, -0.15) is 0 Å². The zero-order chi connectivity index (χ0) is 19.2. The maximum absolute atomic E-state index is 12.7. The van der Waals surface area contributed by atoms with Gasteiger partial charge in [0.15, 0.2) is 6.54 Å². The summed E-state index contributed by atoms with van der Waals surface area (Å²) in [7, 11) is 3.59. The molecule has 1 heterocycles. The van der Waals surface area contributed by atoms with E-state index in [2.05, 4.69) is 36.1 Å². The molecule has 5 heteroatoms. The highest BCUT2D eigenvalue weighted by Crippen LogP contribution is 2.19. The molecule has 2 aromatic rings. The highest BCUT2D eigenvalue weighted by atomic mass is 16.5. The Labute approximate surface area is 162 Å². The Balaban J connectivity index is 1.50. The number of quaternary nitrogens is 1. The van der Waals surface area contributed by atoms with Gasteiger partial charge < -0.3 is 19.4 Å². The second kappa shape index (κ2) is 8.91. The van der Waals surface area contributed by atoms with Crippen LogP contribution in [-0.4, -0.2) is 57.7 Å². The molecule has 144 valence electrons. The van der Waals surface area contributed by atoms with E-state index < -0.39 is 0 Å². The third kappa shape index (κ3) is 4.80. The fourth-order valence-electron chi connectivity index (χ4n) is 3.56. The van der Waals surface area contributed by atoms with Gasteiger partial charge in [0.25, 0.3) is 5.91 Å². The predicted molar refractivity (Wildman–Crippen MR) is 108 cm³/mol. The van der Waals surface area contributed by atoms with Crippen LogP contribution in [0, 0.1) is 0 Å². The summed E-state index contributed by atoms with van der Waals surface area (Å²) in [5.74, 6) is 1.09. The van der Waals surface area contributed by atoms with Crippen molar-refractivity contribution in [2.24, 2.45) is 0 Å². The molecule has 0 unspecified atom stereocenters. The van der Waals surface area contributed by atoms with Crippen LogP contribution in [0.25, 0.3) is 0 Å². The average Bonchev–Trinajstić information content (AvgIpc) is 2.74. The molecule has 1 amide bonds.